The smallest absolute Gasteiger partial charge is 0.270 e. The van der Waals surface area contributed by atoms with E-state index >= 15 is 0 Å². The number of nitrogens with one attached hydrogen (secondary N) is 3. The molecular formula is C22H21N5O2. The molecule has 1 aliphatic carbocycles. The number of hydrogen-bond acceptors (Lipinski definition) is 5. The molecule has 1 heterocycles. The first kappa shape index (κ1) is 18.6. The zero-order chi connectivity index (χ0) is 20.2. The van der Waals surface area contributed by atoms with Crippen LogP contribution in [0.3, 0.4) is 0 Å². The second-order valence-electron chi connectivity index (χ2n) is 6.96. The molecule has 7 heteroatoms. The summed E-state index contributed by atoms with van der Waals surface area (Å²) in [6.45, 7) is 1.46. The van der Waals surface area contributed by atoms with E-state index in [2.05, 4.69) is 25.9 Å². The predicted molar refractivity (Wildman–Crippen MR) is 112 cm³/mol. The minimum absolute atomic E-state index is 0.144. The Morgan fingerprint density at radius 2 is 1.69 bits per heavy atom. The number of benzene rings is 2. The summed E-state index contributed by atoms with van der Waals surface area (Å²) in [6.07, 6.45) is 2.01. The molecule has 0 radical (unpaired) electrons. The van der Waals surface area contributed by atoms with E-state index in [0.717, 1.165) is 24.1 Å². The first-order valence-corrected chi connectivity index (χ1v) is 9.47. The molecular weight excluding hydrogens is 366 g/mol. The lowest BCUT2D eigenvalue weighted by molar-refractivity contribution is -0.114. The summed E-state index contributed by atoms with van der Waals surface area (Å²) < 4.78 is 0. The number of rotatable bonds is 6. The summed E-state index contributed by atoms with van der Waals surface area (Å²) >= 11 is 0. The zero-order valence-electron chi connectivity index (χ0n) is 16.0. The second-order valence-corrected chi connectivity index (χ2v) is 6.96. The number of carbonyl (C=O) groups excluding carboxylic acids is 2. The lowest BCUT2D eigenvalue weighted by Gasteiger charge is -2.11. The molecule has 3 aromatic rings. The Bertz CT molecular complexity index is 1050. The van der Waals surface area contributed by atoms with E-state index in [9.17, 15) is 9.59 Å². The van der Waals surface area contributed by atoms with Crippen LogP contribution in [0.1, 0.15) is 30.3 Å². The summed E-state index contributed by atoms with van der Waals surface area (Å²) in [5.41, 5.74) is 2.55. The van der Waals surface area contributed by atoms with Crippen molar-refractivity contribution in [3.05, 3.63) is 66.4 Å². The molecule has 1 saturated carbocycles. The molecule has 0 aliphatic heterocycles. The Morgan fingerprint density at radius 3 is 2.41 bits per heavy atom. The van der Waals surface area contributed by atoms with Gasteiger partial charge in [0.25, 0.3) is 5.91 Å². The molecule has 0 unspecified atom stereocenters. The SMILES string of the molecule is CC(=O)Nc1cccc(Nc2cc(C(=O)NC3CC3)nc(-c3ccccc3)n2)c1. The van der Waals surface area contributed by atoms with Crippen molar-refractivity contribution in [2.45, 2.75) is 25.8 Å². The fourth-order valence-corrected chi connectivity index (χ4v) is 2.86. The lowest BCUT2D eigenvalue weighted by Crippen LogP contribution is -2.26. The highest BCUT2D eigenvalue weighted by Gasteiger charge is 2.25. The summed E-state index contributed by atoms with van der Waals surface area (Å²) in [6, 6.07) is 18.7. The highest BCUT2D eigenvalue weighted by molar-refractivity contribution is 5.94. The fraction of sp³-hybridized carbons (Fsp3) is 0.182. The standard InChI is InChI=1S/C22H21N5O2/c1-14(28)23-17-8-5-9-18(12-17)24-20-13-19(22(29)25-16-10-11-16)26-21(27-20)15-6-3-2-4-7-15/h2-9,12-13,16H,10-11H2,1H3,(H,23,28)(H,25,29)(H,24,26,27). The van der Waals surface area contributed by atoms with Crippen molar-refractivity contribution in [1.82, 2.24) is 15.3 Å². The Balaban J connectivity index is 1.66. The van der Waals surface area contributed by atoms with Gasteiger partial charge in [-0.15, -0.1) is 0 Å². The summed E-state index contributed by atoms with van der Waals surface area (Å²) in [5.74, 6) is 0.617. The monoisotopic (exact) mass is 387 g/mol. The van der Waals surface area contributed by atoms with Crippen molar-refractivity contribution in [2.75, 3.05) is 10.6 Å². The maximum Gasteiger partial charge on any atom is 0.270 e. The molecule has 4 rings (SSSR count). The van der Waals surface area contributed by atoms with E-state index < -0.39 is 0 Å². The largest absolute Gasteiger partial charge is 0.348 e. The molecule has 2 aromatic carbocycles. The molecule has 1 aliphatic rings. The number of carbonyl (C=O) groups is 2. The zero-order valence-corrected chi connectivity index (χ0v) is 16.0. The highest BCUT2D eigenvalue weighted by atomic mass is 16.2. The van der Waals surface area contributed by atoms with Crippen molar-refractivity contribution in [3.8, 4) is 11.4 Å². The number of aromatic nitrogens is 2. The summed E-state index contributed by atoms with van der Waals surface area (Å²) in [7, 11) is 0. The van der Waals surface area contributed by atoms with E-state index in [-0.39, 0.29) is 17.9 Å². The van der Waals surface area contributed by atoms with Gasteiger partial charge in [-0.3, -0.25) is 9.59 Å². The minimum Gasteiger partial charge on any atom is -0.348 e. The van der Waals surface area contributed by atoms with E-state index in [1.807, 2.05) is 42.5 Å². The number of hydrogen-bond donors (Lipinski definition) is 3. The molecule has 2 amide bonds. The van der Waals surface area contributed by atoms with Crippen LogP contribution in [0.15, 0.2) is 60.7 Å². The van der Waals surface area contributed by atoms with Gasteiger partial charge in [0.2, 0.25) is 5.91 Å². The summed E-state index contributed by atoms with van der Waals surface area (Å²) in [5, 5.41) is 8.93. The van der Waals surface area contributed by atoms with Crippen molar-refractivity contribution in [1.29, 1.82) is 0 Å². The van der Waals surface area contributed by atoms with Crippen molar-refractivity contribution < 1.29 is 9.59 Å². The van der Waals surface area contributed by atoms with Gasteiger partial charge in [-0.2, -0.15) is 0 Å². The van der Waals surface area contributed by atoms with Crippen LogP contribution in [0.5, 0.6) is 0 Å². The van der Waals surface area contributed by atoms with E-state index in [4.69, 9.17) is 0 Å². The Hall–Kier alpha value is -3.74. The Morgan fingerprint density at radius 1 is 0.931 bits per heavy atom. The van der Waals surface area contributed by atoms with Gasteiger partial charge in [-0.05, 0) is 31.0 Å². The number of amides is 2. The molecule has 3 N–H and O–H groups in total. The average molecular weight is 387 g/mol. The molecule has 1 aromatic heterocycles. The van der Waals surface area contributed by atoms with Crippen LogP contribution >= 0.6 is 0 Å². The molecule has 0 saturated heterocycles. The highest BCUT2D eigenvalue weighted by Crippen LogP contribution is 2.24. The van der Waals surface area contributed by atoms with Gasteiger partial charge in [-0.1, -0.05) is 36.4 Å². The molecule has 0 atom stereocenters. The molecule has 0 spiro atoms. The molecule has 29 heavy (non-hydrogen) atoms. The molecule has 146 valence electrons. The third-order valence-corrected chi connectivity index (χ3v) is 4.36. The van der Waals surface area contributed by atoms with E-state index in [1.165, 1.54) is 6.92 Å². The molecule has 7 nitrogen and oxygen atoms in total. The van der Waals surface area contributed by atoms with Crippen molar-refractivity contribution >= 4 is 29.0 Å². The van der Waals surface area contributed by atoms with Gasteiger partial charge >= 0.3 is 0 Å². The first-order valence-electron chi connectivity index (χ1n) is 9.47. The van der Waals surface area contributed by atoms with Crippen LogP contribution in [0, 0.1) is 0 Å². The second kappa shape index (κ2) is 8.10. The van der Waals surface area contributed by atoms with Crippen LogP contribution in [0.25, 0.3) is 11.4 Å². The van der Waals surface area contributed by atoms with Gasteiger partial charge in [0.05, 0.1) is 0 Å². The first-order chi connectivity index (χ1) is 14.1. The quantitative estimate of drug-likeness (QED) is 0.599. The lowest BCUT2D eigenvalue weighted by atomic mass is 10.2. The van der Waals surface area contributed by atoms with E-state index in [1.54, 1.807) is 18.2 Å². The Labute approximate surface area is 168 Å². The van der Waals surface area contributed by atoms with Crippen molar-refractivity contribution in [3.63, 3.8) is 0 Å². The predicted octanol–water partition coefficient (Wildman–Crippen LogP) is 3.74. The maximum absolute atomic E-state index is 12.6. The number of anilines is 3. The fourth-order valence-electron chi connectivity index (χ4n) is 2.86. The van der Waals surface area contributed by atoms with Crippen molar-refractivity contribution in [2.24, 2.45) is 0 Å². The van der Waals surface area contributed by atoms with Crippen LogP contribution in [-0.2, 0) is 4.79 Å². The maximum atomic E-state index is 12.6. The topological polar surface area (TPSA) is 96.0 Å². The molecule has 1 fully saturated rings. The summed E-state index contributed by atoms with van der Waals surface area (Å²) in [4.78, 5) is 32.9. The van der Waals surface area contributed by atoms with Crippen LogP contribution < -0.4 is 16.0 Å². The van der Waals surface area contributed by atoms with Gasteiger partial charge < -0.3 is 16.0 Å². The third kappa shape index (κ3) is 4.95. The number of nitrogens with zero attached hydrogens (tertiary/aromatic N) is 2. The molecule has 0 bridgehead atoms. The van der Waals surface area contributed by atoms with Gasteiger partial charge in [0.1, 0.15) is 11.5 Å². The average Bonchev–Trinajstić information content (AvgIpc) is 3.52. The van der Waals surface area contributed by atoms with Gasteiger partial charge in [0.15, 0.2) is 5.82 Å². The van der Waals surface area contributed by atoms with E-state index in [0.29, 0.717) is 23.0 Å². The van der Waals surface area contributed by atoms with Gasteiger partial charge in [-0.25, -0.2) is 9.97 Å². The van der Waals surface area contributed by atoms with Crippen LogP contribution in [-0.4, -0.2) is 27.8 Å². The Kier molecular flexibility index (Phi) is 5.20. The minimum atomic E-state index is -0.206. The van der Waals surface area contributed by atoms with Crippen LogP contribution in [0.2, 0.25) is 0 Å². The normalized spacial score (nSPS) is 12.9. The van der Waals surface area contributed by atoms with Crippen LogP contribution in [0.4, 0.5) is 17.2 Å². The third-order valence-electron chi connectivity index (χ3n) is 4.36. The van der Waals surface area contributed by atoms with Gasteiger partial charge in [0, 0.05) is 36.0 Å².